The van der Waals surface area contributed by atoms with Crippen LogP contribution in [-0.2, 0) is 4.74 Å². The molecule has 0 bridgehead atoms. The Kier molecular flexibility index (Phi) is 5.96. The molecule has 0 spiro atoms. The standard InChI is InChI=1S/C19H17Cl2FIN3O2/c1-10(17-12(20)8-24-9-13(17)21)28-15-7-11(22)6-14-18(15)19(23)25-26(14)16-4-2-3-5-27-16/h6-10,16H,2-5H2,1H3/t10-,16?/m1/s1. The lowest BCUT2D eigenvalue weighted by molar-refractivity contribution is -0.0368. The molecule has 0 aliphatic carbocycles. The molecular weight excluding hydrogens is 519 g/mol. The van der Waals surface area contributed by atoms with Gasteiger partial charge in [0.2, 0.25) is 0 Å². The zero-order valence-electron chi connectivity index (χ0n) is 15.0. The van der Waals surface area contributed by atoms with E-state index in [0.29, 0.717) is 33.5 Å². The normalized spacial score (nSPS) is 18.4. The van der Waals surface area contributed by atoms with Crippen LogP contribution in [0.15, 0.2) is 24.5 Å². The number of halogens is 4. The summed E-state index contributed by atoms with van der Waals surface area (Å²) in [6.45, 7) is 2.49. The second-order valence-electron chi connectivity index (χ2n) is 6.63. The summed E-state index contributed by atoms with van der Waals surface area (Å²) in [5.74, 6) is -0.0205. The molecule has 1 saturated heterocycles. The third-order valence-electron chi connectivity index (χ3n) is 4.72. The van der Waals surface area contributed by atoms with Crippen molar-refractivity contribution in [2.45, 2.75) is 38.5 Å². The predicted octanol–water partition coefficient (Wildman–Crippen LogP) is 6.32. The highest BCUT2D eigenvalue weighted by Crippen LogP contribution is 2.38. The maximum atomic E-state index is 14.4. The fraction of sp³-hybridized carbons (Fsp3) is 0.368. The topological polar surface area (TPSA) is 49.2 Å². The number of fused-ring (bicyclic) bond motifs is 1. The highest BCUT2D eigenvalue weighted by molar-refractivity contribution is 14.1. The van der Waals surface area contributed by atoms with Gasteiger partial charge in [-0.2, -0.15) is 5.10 Å². The van der Waals surface area contributed by atoms with Crippen LogP contribution in [0.25, 0.3) is 10.9 Å². The Balaban J connectivity index is 1.76. The molecule has 28 heavy (non-hydrogen) atoms. The van der Waals surface area contributed by atoms with E-state index in [1.807, 2.05) is 6.92 Å². The zero-order valence-corrected chi connectivity index (χ0v) is 18.6. The molecule has 1 aliphatic rings. The van der Waals surface area contributed by atoms with Crippen molar-refractivity contribution in [3.05, 3.63) is 49.7 Å². The Morgan fingerprint density at radius 3 is 2.71 bits per heavy atom. The van der Waals surface area contributed by atoms with Crippen LogP contribution in [0.3, 0.4) is 0 Å². The number of ether oxygens (including phenoxy) is 2. The van der Waals surface area contributed by atoms with Gasteiger partial charge in [0.15, 0.2) is 6.23 Å². The highest BCUT2D eigenvalue weighted by Gasteiger charge is 2.24. The summed E-state index contributed by atoms with van der Waals surface area (Å²) < 4.78 is 28.9. The second kappa shape index (κ2) is 8.30. The molecule has 1 aliphatic heterocycles. The van der Waals surface area contributed by atoms with Gasteiger partial charge in [-0.05, 0) is 48.8 Å². The van der Waals surface area contributed by atoms with Crippen LogP contribution in [0.1, 0.15) is 44.1 Å². The predicted molar refractivity (Wildman–Crippen MR) is 115 cm³/mol. The molecular formula is C19H17Cl2FIN3O2. The van der Waals surface area contributed by atoms with Crippen LogP contribution in [0.5, 0.6) is 5.75 Å². The van der Waals surface area contributed by atoms with Crippen LogP contribution in [0.4, 0.5) is 4.39 Å². The monoisotopic (exact) mass is 535 g/mol. The van der Waals surface area contributed by atoms with Crippen molar-refractivity contribution < 1.29 is 13.9 Å². The Morgan fingerprint density at radius 1 is 1.29 bits per heavy atom. The quantitative estimate of drug-likeness (QED) is 0.367. The first kappa shape index (κ1) is 20.1. The fourth-order valence-corrected chi connectivity index (χ4v) is 4.89. The van der Waals surface area contributed by atoms with Gasteiger partial charge in [-0.1, -0.05) is 23.2 Å². The average molecular weight is 536 g/mol. The van der Waals surface area contributed by atoms with E-state index < -0.39 is 11.9 Å². The van der Waals surface area contributed by atoms with Gasteiger partial charge < -0.3 is 9.47 Å². The molecule has 148 valence electrons. The van der Waals surface area contributed by atoms with Crippen LogP contribution in [0.2, 0.25) is 10.0 Å². The molecule has 0 N–H and O–H groups in total. The summed E-state index contributed by atoms with van der Waals surface area (Å²) in [7, 11) is 0. The molecule has 2 aromatic heterocycles. The zero-order chi connectivity index (χ0) is 19.8. The first-order valence-corrected chi connectivity index (χ1v) is 10.7. The minimum absolute atomic E-state index is 0.198. The number of hydrogen-bond acceptors (Lipinski definition) is 4. The van der Waals surface area contributed by atoms with E-state index in [9.17, 15) is 4.39 Å². The smallest absolute Gasteiger partial charge is 0.150 e. The largest absolute Gasteiger partial charge is 0.485 e. The van der Waals surface area contributed by atoms with Gasteiger partial charge in [-0.25, -0.2) is 9.07 Å². The number of rotatable bonds is 4. The number of pyridine rings is 1. The van der Waals surface area contributed by atoms with E-state index in [2.05, 4.69) is 32.7 Å². The maximum absolute atomic E-state index is 14.4. The minimum Gasteiger partial charge on any atom is -0.485 e. The first-order valence-electron chi connectivity index (χ1n) is 8.90. The van der Waals surface area contributed by atoms with Crippen molar-refractivity contribution >= 4 is 56.7 Å². The number of hydrogen-bond donors (Lipinski definition) is 0. The van der Waals surface area contributed by atoms with Crippen LogP contribution in [0, 0.1) is 9.52 Å². The molecule has 1 aromatic carbocycles. The Labute approximate surface area is 185 Å². The third-order valence-corrected chi connectivity index (χ3v) is 6.08. The molecule has 3 heterocycles. The van der Waals surface area contributed by atoms with E-state index in [-0.39, 0.29) is 6.23 Å². The summed E-state index contributed by atoms with van der Waals surface area (Å²) in [6.07, 6.45) is 5.24. The molecule has 3 aromatic rings. The summed E-state index contributed by atoms with van der Waals surface area (Å²) in [4.78, 5) is 3.96. The average Bonchev–Trinajstić information content (AvgIpc) is 2.99. The van der Waals surface area contributed by atoms with Crippen LogP contribution < -0.4 is 4.74 Å². The van der Waals surface area contributed by atoms with Gasteiger partial charge in [0.1, 0.15) is 21.4 Å². The van der Waals surface area contributed by atoms with E-state index in [4.69, 9.17) is 32.7 Å². The maximum Gasteiger partial charge on any atom is 0.150 e. The Hall–Kier alpha value is -1.16. The highest BCUT2D eigenvalue weighted by atomic mass is 127. The van der Waals surface area contributed by atoms with Crippen molar-refractivity contribution in [3.8, 4) is 5.75 Å². The van der Waals surface area contributed by atoms with Gasteiger partial charge in [-0.3, -0.25) is 4.98 Å². The molecule has 2 atom stereocenters. The molecule has 4 rings (SSSR count). The van der Waals surface area contributed by atoms with Crippen LogP contribution in [-0.4, -0.2) is 21.4 Å². The van der Waals surface area contributed by atoms with E-state index in [0.717, 1.165) is 28.3 Å². The first-order chi connectivity index (χ1) is 13.5. The summed E-state index contributed by atoms with van der Waals surface area (Å²) in [5, 5.41) is 6.13. The summed E-state index contributed by atoms with van der Waals surface area (Å²) >= 11 is 14.6. The van der Waals surface area contributed by atoms with E-state index in [1.54, 1.807) is 4.68 Å². The number of aromatic nitrogens is 3. The molecule has 1 fully saturated rings. The molecule has 5 nitrogen and oxygen atoms in total. The van der Waals surface area contributed by atoms with E-state index >= 15 is 0 Å². The van der Waals surface area contributed by atoms with Gasteiger partial charge in [0.05, 0.1) is 20.9 Å². The molecule has 9 heteroatoms. The summed E-state index contributed by atoms with van der Waals surface area (Å²) in [5.41, 5.74) is 1.25. The van der Waals surface area contributed by atoms with Crippen molar-refractivity contribution in [1.29, 1.82) is 0 Å². The van der Waals surface area contributed by atoms with Crippen molar-refractivity contribution in [3.63, 3.8) is 0 Å². The SMILES string of the molecule is C[C@@H](Oc1cc(F)cc2c1c(I)nn2C1CCCCO1)c1c(Cl)cncc1Cl. The lowest BCUT2D eigenvalue weighted by Crippen LogP contribution is -2.19. The van der Waals surface area contributed by atoms with Crippen molar-refractivity contribution in [2.24, 2.45) is 0 Å². The molecule has 0 radical (unpaired) electrons. The minimum atomic E-state index is -0.502. The third kappa shape index (κ3) is 3.81. The summed E-state index contributed by atoms with van der Waals surface area (Å²) in [6, 6.07) is 2.82. The Bertz CT molecular complexity index is 1000. The number of nitrogens with zero attached hydrogens (tertiary/aromatic N) is 3. The van der Waals surface area contributed by atoms with E-state index in [1.165, 1.54) is 24.5 Å². The van der Waals surface area contributed by atoms with Gasteiger partial charge >= 0.3 is 0 Å². The van der Waals surface area contributed by atoms with Gasteiger partial charge in [0.25, 0.3) is 0 Å². The fourth-order valence-electron chi connectivity index (χ4n) is 3.44. The van der Waals surface area contributed by atoms with Crippen molar-refractivity contribution in [2.75, 3.05) is 6.61 Å². The Morgan fingerprint density at radius 2 is 2.04 bits per heavy atom. The second-order valence-corrected chi connectivity index (χ2v) is 8.47. The number of benzene rings is 1. The van der Waals surface area contributed by atoms with Gasteiger partial charge in [0, 0.05) is 36.7 Å². The lowest BCUT2D eigenvalue weighted by atomic mass is 10.1. The molecule has 0 amide bonds. The molecule has 0 saturated carbocycles. The lowest BCUT2D eigenvalue weighted by Gasteiger charge is -2.23. The molecule has 1 unspecified atom stereocenters. The van der Waals surface area contributed by atoms with Crippen LogP contribution >= 0.6 is 45.8 Å². The van der Waals surface area contributed by atoms with Gasteiger partial charge in [-0.15, -0.1) is 0 Å². The van der Waals surface area contributed by atoms with Crippen molar-refractivity contribution in [1.82, 2.24) is 14.8 Å².